The molecule has 1 atom stereocenters. The van der Waals surface area contributed by atoms with Gasteiger partial charge in [0.15, 0.2) is 0 Å². The average molecular weight is 437 g/mol. The smallest absolute Gasteiger partial charge is 0.810 e. The van der Waals surface area contributed by atoms with Crippen LogP contribution in [0.2, 0.25) is 0 Å². The van der Waals surface area contributed by atoms with Crippen LogP contribution in [0.1, 0.15) is 28.6 Å². The first-order valence-corrected chi connectivity index (χ1v) is 9.85. The fraction of sp³-hybridized carbons (Fsp3) is 0.235. The molecule has 1 unspecified atom stereocenters. The normalized spacial score (nSPS) is 12.6. The van der Waals surface area contributed by atoms with E-state index in [9.17, 15) is 14.4 Å². The van der Waals surface area contributed by atoms with Gasteiger partial charge in [0, 0.05) is 18.2 Å². The molecule has 0 saturated carbocycles. The molecule has 1 heterocycles. The van der Waals surface area contributed by atoms with E-state index in [1.165, 1.54) is 22.3 Å². The van der Waals surface area contributed by atoms with Crippen LogP contribution in [0.5, 0.6) is 0 Å². The number of fused-ring (bicyclic) bond motifs is 3. The summed E-state index contributed by atoms with van der Waals surface area (Å²) in [4.78, 5) is 21.9. The van der Waals surface area contributed by atoms with Crippen molar-refractivity contribution < 1.29 is 103 Å². The number of nitrogens with zero attached hydrogens (tertiary/aromatic N) is 4. The van der Waals surface area contributed by atoms with Gasteiger partial charge in [-0.05, 0) is 40.7 Å². The molecule has 29 heavy (non-hydrogen) atoms. The van der Waals surface area contributed by atoms with Gasteiger partial charge in [0.05, 0.1) is 0 Å². The molecule has 1 aliphatic carbocycles. The molecule has 0 radical (unpaired) electrons. The molecule has 0 aliphatic heterocycles. The van der Waals surface area contributed by atoms with E-state index in [2.05, 4.69) is 50.2 Å². The molecule has 0 fully saturated rings. The molecule has 1 N–H and O–H groups in total. The van der Waals surface area contributed by atoms with Crippen LogP contribution in [0.25, 0.3) is 11.1 Å². The average Bonchev–Trinajstić information content (AvgIpc) is 3.25. The molecule has 2 aromatic carbocycles. The molecule has 1 aromatic heterocycles. The maximum Gasteiger partial charge on any atom is 1.00 e. The maximum atomic E-state index is 11.0. The number of tetrazole rings is 1. The Bertz CT molecular complexity index is 984. The number of nitrogens with one attached hydrogen (secondary N) is 1. The van der Waals surface area contributed by atoms with Crippen molar-refractivity contribution >= 4 is 7.60 Å². The molecule has 3 aromatic rings. The van der Waals surface area contributed by atoms with Crippen LogP contribution in [0.3, 0.4) is 0 Å². The summed E-state index contributed by atoms with van der Waals surface area (Å²) in [6, 6.07) is 13.9. The van der Waals surface area contributed by atoms with Gasteiger partial charge in [-0.2, -0.15) is 5.21 Å². The molecule has 1 aliphatic rings. The molecule has 0 amide bonds. The van der Waals surface area contributed by atoms with Crippen molar-refractivity contribution in [3.8, 4) is 11.1 Å². The van der Waals surface area contributed by atoms with Gasteiger partial charge in [0.1, 0.15) is 0 Å². The summed E-state index contributed by atoms with van der Waals surface area (Å²) in [5.74, 6) is 0.266. The first kappa shape index (κ1) is 27.7. The van der Waals surface area contributed by atoms with Crippen LogP contribution in [-0.2, 0) is 17.4 Å². The van der Waals surface area contributed by atoms with E-state index in [0.29, 0.717) is 6.42 Å². The third kappa shape index (κ3) is 7.05. The Morgan fingerprint density at radius 2 is 1.79 bits per heavy atom. The first-order valence-electron chi connectivity index (χ1n) is 8.13. The van der Waals surface area contributed by atoms with Crippen molar-refractivity contribution in [1.29, 1.82) is 0 Å². The van der Waals surface area contributed by atoms with Crippen LogP contribution in [0, 0.1) is 0 Å². The molecule has 12 heteroatoms. The standard InChI is InChI=1S/C17H17N5O3P.3Na/c23-26(24,25)10-18-16(17-19-21-22-20-17)8-11-5-6-15-13(7-11)9-12-3-1-2-4-14(12)15;;;/h1-7,16,18H,8-10H2,(H2-,19,20,21,22,23,24,25);;;/q-1;3*+1/p-2. The molecule has 0 saturated heterocycles. The van der Waals surface area contributed by atoms with Crippen molar-refractivity contribution in [3.05, 3.63) is 65.0 Å². The number of hydrogen-bond donors (Lipinski definition) is 1. The Labute approximate surface area is 235 Å². The summed E-state index contributed by atoms with van der Waals surface area (Å²) in [6.45, 7) is 0. The topological polar surface area (TPSA) is 128 Å². The van der Waals surface area contributed by atoms with Crippen LogP contribution in [0.15, 0.2) is 42.5 Å². The van der Waals surface area contributed by atoms with E-state index in [1.807, 2.05) is 18.2 Å². The van der Waals surface area contributed by atoms with E-state index in [4.69, 9.17) is 0 Å². The molecule has 134 valence electrons. The zero-order chi connectivity index (χ0) is 18.1. The predicted molar refractivity (Wildman–Crippen MR) is 89.9 cm³/mol. The van der Waals surface area contributed by atoms with Crippen LogP contribution in [-0.4, -0.2) is 21.8 Å². The molecule has 4 rings (SSSR count). The molecule has 0 spiro atoms. The van der Waals surface area contributed by atoms with Crippen molar-refractivity contribution in [1.82, 2.24) is 25.9 Å². The third-order valence-electron chi connectivity index (χ3n) is 4.48. The van der Waals surface area contributed by atoms with Crippen LogP contribution < -0.4 is 109 Å². The summed E-state index contributed by atoms with van der Waals surface area (Å²) in [5, 5.41) is 17.2. The van der Waals surface area contributed by atoms with Crippen molar-refractivity contribution in [2.45, 2.75) is 18.9 Å². The Morgan fingerprint density at radius 3 is 2.48 bits per heavy atom. The van der Waals surface area contributed by atoms with Gasteiger partial charge < -0.3 is 24.8 Å². The number of rotatable bonds is 6. The van der Waals surface area contributed by atoms with E-state index < -0.39 is 19.9 Å². The van der Waals surface area contributed by atoms with Gasteiger partial charge in [0.2, 0.25) is 0 Å². The van der Waals surface area contributed by atoms with Gasteiger partial charge in [-0.1, -0.05) is 50.1 Å². The van der Waals surface area contributed by atoms with Crippen molar-refractivity contribution in [2.75, 3.05) is 6.29 Å². The van der Waals surface area contributed by atoms with E-state index >= 15 is 0 Å². The minimum Gasteiger partial charge on any atom is -0.810 e. The Hall–Kier alpha value is 0.620. The zero-order valence-corrected chi connectivity index (χ0v) is 23.6. The number of hydrogen-bond acceptors (Lipinski definition) is 7. The van der Waals surface area contributed by atoms with Crippen LogP contribution >= 0.6 is 7.60 Å². The maximum absolute atomic E-state index is 11.0. The SMILES string of the molecule is O=P([O-])([O-])CNC(Cc1ccc2c(c1)Cc1ccccc1-2)c1nnn[n-]1.[Na+].[Na+].[Na+]. The third-order valence-corrected chi connectivity index (χ3v) is 5.05. The largest absolute Gasteiger partial charge is 1.00 e. The molecular weight excluding hydrogens is 422 g/mol. The van der Waals surface area contributed by atoms with E-state index in [0.717, 1.165) is 12.0 Å². The minimum atomic E-state index is -4.69. The predicted octanol–water partition coefficient (Wildman–Crippen LogP) is -8.84. The van der Waals surface area contributed by atoms with Gasteiger partial charge in [0.25, 0.3) is 0 Å². The second-order valence-corrected chi connectivity index (χ2v) is 7.83. The number of aromatic nitrogens is 4. The van der Waals surface area contributed by atoms with Crippen LogP contribution in [0.4, 0.5) is 0 Å². The summed E-state index contributed by atoms with van der Waals surface area (Å²) in [5.41, 5.74) is 5.96. The fourth-order valence-electron chi connectivity index (χ4n) is 3.33. The summed E-state index contributed by atoms with van der Waals surface area (Å²) in [7, 11) is -4.69. The first-order chi connectivity index (χ1) is 12.5. The van der Waals surface area contributed by atoms with Crippen molar-refractivity contribution in [2.24, 2.45) is 0 Å². The fourth-order valence-corrected chi connectivity index (χ4v) is 3.77. The number of benzene rings is 2. The summed E-state index contributed by atoms with van der Waals surface area (Å²) in [6.07, 6.45) is 0.614. The van der Waals surface area contributed by atoms with E-state index in [1.54, 1.807) is 0 Å². The van der Waals surface area contributed by atoms with Gasteiger partial charge in [-0.15, -0.1) is 0 Å². The molecule has 0 bridgehead atoms. The molecular formula is C17H15N5Na3O3P. The summed E-state index contributed by atoms with van der Waals surface area (Å²) >= 11 is 0. The quantitative estimate of drug-likeness (QED) is 0.233. The van der Waals surface area contributed by atoms with Gasteiger partial charge >= 0.3 is 88.7 Å². The monoisotopic (exact) mass is 437 g/mol. The van der Waals surface area contributed by atoms with Gasteiger partial charge in [-0.3, -0.25) is 10.3 Å². The Balaban J connectivity index is 0.00000140. The molecule has 8 nitrogen and oxygen atoms in total. The van der Waals surface area contributed by atoms with E-state index in [-0.39, 0.29) is 94.5 Å². The Morgan fingerprint density at radius 1 is 1.07 bits per heavy atom. The zero-order valence-electron chi connectivity index (χ0n) is 16.7. The Kier molecular flexibility index (Phi) is 11.5. The summed E-state index contributed by atoms with van der Waals surface area (Å²) < 4.78 is 11.0. The second-order valence-electron chi connectivity index (χ2n) is 6.29. The second kappa shape index (κ2) is 12.0. The minimum absolute atomic E-state index is 0. The van der Waals surface area contributed by atoms with Crippen molar-refractivity contribution in [3.63, 3.8) is 0 Å². The van der Waals surface area contributed by atoms with Gasteiger partial charge in [-0.25, -0.2) is 0 Å².